The maximum atomic E-state index is 12.4. The van der Waals surface area contributed by atoms with Crippen molar-refractivity contribution in [3.63, 3.8) is 0 Å². The third-order valence-electron chi connectivity index (χ3n) is 5.92. The Balaban J connectivity index is 2.14. The van der Waals surface area contributed by atoms with Crippen molar-refractivity contribution >= 4 is 5.91 Å². The van der Waals surface area contributed by atoms with E-state index < -0.39 is 0 Å². The molecule has 0 radical (unpaired) electrons. The van der Waals surface area contributed by atoms with E-state index in [0.29, 0.717) is 11.3 Å². The van der Waals surface area contributed by atoms with Gasteiger partial charge in [-0.2, -0.15) is 0 Å². The largest absolute Gasteiger partial charge is 0.343 e. The zero-order valence-corrected chi connectivity index (χ0v) is 17.8. The molecule has 1 amide bonds. The first-order valence-corrected chi connectivity index (χ1v) is 10.8. The van der Waals surface area contributed by atoms with Crippen LogP contribution in [0.1, 0.15) is 91.4 Å². The van der Waals surface area contributed by atoms with Crippen molar-refractivity contribution in [2.45, 2.75) is 91.4 Å². The highest BCUT2D eigenvalue weighted by Crippen LogP contribution is 2.35. The number of carbonyl (C=O) groups is 1. The van der Waals surface area contributed by atoms with Crippen LogP contribution < -0.4 is 0 Å². The Morgan fingerprint density at radius 3 is 2.00 bits per heavy atom. The van der Waals surface area contributed by atoms with Gasteiger partial charge < -0.3 is 9.80 Å². The summed E-state index contributed by atoms with van der Waals surface area (Å²) in [6, 6.07) is 0. The molecule has 1 heterocycles. The number of piperidine rings is 1. The summed E-state index contributed by atoms with van der Waals surface area (Å²) in [7, 11) is 4.31. The molecule has 0 unspecified atom stereocenters. The van der Waals surface area contributed by atoms with E-state index in [1.165, 1.54) is 57.8 Å². The Hall–Kier alpha value is -0.570. The van der Waals surface area contributed by atoms with E-state index in [1.807, 2.05) is 0 Å². The maximum absolute atomic E-state index is 12.4. The number of unbranched alkanes of at least 4 members (excludes halogenated alkanes) is 7. The fourth-order valence-corrected chi connectivity index (χ4v) is 4.42. The highest BCUT2D eigenvalue weighted by molar-refractivity contribution is 5.76. The van der Waals surface area contributed by atoms with E-state index in [1.54, 1.807) is 0 Å². The van der Waals surface area contributed by atoms with Crippen LogP contribution in [0.4, 0.5) is 0 Å². The van der Waals surface area contributed by atoms with Gasteiger partial charge in [0.1, 0.15) is 0 Å². The lowest BCUT2D eigenvalue weighted by Gasteiger charge is -2.42. The van der Waals surface area contributed by atoms with Gasteiger partial charge in [0.05, 0.1) is 0 Å². The van der Waals surface area contributed by atoms with Crippen LogP contribution in [-0.4, -0.2) is 49.4 Å². The summed E-state index contributed by atoms with van der Waals surface area (Å²) >= 11 is 0. The lowest BCUT2D eigenvalue weighted by atomic mass is 9.73. The molecule has 1 aliphatic heterocycles. The van der Waals surface area contributed by atoms with Gasteiger partial charge in [-0.15, -0.1) is 0 Å². The minimum Gasteiger partial charge on any atom is -0.343 e. The van der Waals surface area contributed by atoms with Gasteiger partial charge in [-0.05, 0) is 44.7 Å². The number of nitrogens with zero attached hydrogens (tertiary/aromatic N) is 2. The van der Waals surface area contributed by atoms with Crippen LogP contribution in [0, 0.1) is 11.3 Å². The molecule has 0 aliphatic carbocycles. The van der Waals surface area contributed by atoms with E-state index in [0.717, 1.165) is 38.4 Å². The SMILES string of the molecule is CCCCCCCCCCC(=O)N1CCC(C(C)(C)CN(C)C)CC1. The average Bonchev–Trinajstić information content (AvgIpc) is 2.56. The summed E-state index contributed by atoms with van der Waals surface area (Å²) in [5, 5.41) is 0. The molecule has 0 aromatic heterocycles. The molecule has 0 spiro atoms. The van der Waals surface area contributed by atoms with Gasteiger partial charge in [0, 0.05) is 26.1 Å². The van der Waals surface area contributed by atoms with E-state index in [4.69, 9.17) is 0 Å². The van der Waals surface area contributed by atoms with E-state index in [-0.39, 0.29) is 0 Å². The Kier molecular flexibility index (Phi) is 10.7. The summed E-state index contributed by atoms with van der Waals surface area (Å²) in [4.78, 5) is 16.8. The third kappa shape index (κ3) is 9.08. The number of hydrogen-bond acceptors (Lipinski definition) is 2. The fraction of sp³-hybridized carbons (Fsp3) is 0.955. The summed E-state index contributed by atoms with van der Waals surface area (Å²) < 4.78 is 0. The van der Waals surface area contributed by atoms with Gasteiger partial charge in [0.2, 0.25) is 5.91 Å². The van der Waals surface area contributed by atoms with Crippen molar-refractivity contribution < 1.29 is 4.79 Å². The molecule has 1 aliphatic rings. The number of carbonyl (C=O) groups excluding carboxylic acids is 1. The third-order valence-corrected chi connectivity index (χ3v) is 5.92. The summed E-state index contributed by atoms with van der Waals surface area (Å²) in [6.45, 7) is 10.1. The highest BCUT2D eigenvalue weighted by atomic mass is 16.2. The van der Waals surface area contributed by atoms with Gasteiger partial charge in [-0.3, -0.25) is 4.79 Å². The van der Waals surface area contributed by atoms with Crippen molar-refractivity contribution in [2.24, 2.45) is 11.3 Å². The van der Waals surface area contributed by atoms with Crippen LogP contribution in [0.2, 0.25) is 0 Å². The molecule has 0 bridgehead atoms. The normalized spacial score (nSPS) is 16.6. The van der Waals surface area contributed by atoms with Crippen molar-refractivity contribution in [1.82, 2.24) is 9.80 Å². The molecule has 0 N–H and O–H groups in total. The topological polar surface area (TPSA) is 23.6 Å². The second-order valence-electron chi connectivity index (χ2n) is 9.11. The van der Waals surface area contributed by atoms with Crippen molar-refractivity contribution in [2.75, 3.05) is 33.7 Å². The predicted molar refractivity (Wildman–Crippen MR) is 109 cm³/mol. The predicted octanol–water partition coefficient (Wildman–Crippen LogP) is 5.34. The van der Waals surface area contributed by atoms with E-state index in [9.17, 15) is 4.79 Å². The number of hydrogen-bond donors (Lipinski definition) is 0. The molecule has 148 valence electrons. The Morgan fingerprint density at radius 2 is 1.48 bits per heavy atom. The molecular formula is C22H44N2O. The first-order valence-electron chi connectivity index (χ1n) is 10.8. The second kappa shape index (κ2) is 11.9. The first-order chi connectivity index (χ1) is 11.9. The summed E-state index contributed by atoms with van der Waals surface area (Å²) in [5.41, 5.74) is 0.344. The van der Waals surface area contributed by atoms with Gasteiger partial charge in [-0.25, -0.2) is 0 Å². The smallest absolute Gasteiger partial charge is 0.222 e. The molecule has 3 heteroatoms. The van der Waals surface area contributed by atoms with Crippen molar-refractivity contribution in [3.05, 3.63) is 0 Å². The van der Waals surface area contributed by atoms with Crippen molar-refractivity contribution in [1.29, 1.82) is 0 Å². The molecular weight excluding hydrogens is 308 g/mol. The second-order valence-corrected chi connectivity index (χ2v) is 9.11. The number of amides is 1. The number of likely N-dealkylation sites (tertiary alicyclic amines) is 1. The standard InChI is InChI=1S/C22H44N2O/c1-6-7-8-9-10-11-12-13-14-21(25)24-17-15-20(16-18-24)22(2,3)19-23(4)5/h20H,6-19H2,1-5H3. The summed E-state index contributed by atoms with van der Waals surface area (Å²) in [6.07, 6.45) is 13.5. The molecule has 1 saturated heterocycles. The first kappa shape index (κ1) is 22.5. The highest BCUT2D eigenvalue weighted by Gasteiger charge is 2.33. The lowest BCUT2D eigenvalue weighted by Crippen LogP contribution is -2.44. The number of rotatable bonds is 12. The van der Waals surface area contributed by atoms with Crippen molar-refractivity contribution in [3.8, 4) is 0 Å². The fourth-order valence-electron chi connectivity index (χ4n) is 4.42. The maximum Gasteiger partial charge on any atom is 0.222 e. The quantitative estimate of drug-likeness (QED) is 0.442. The molecule has 0 atom stereocenters. The Bertz CT molecular complexity index is 357. The molecule has 25 heavy (non-hydrogen) atoms. The molecule has 0 aromatic rings. The van der Waals surface area contributed by atoms with Gasteiger partial charge >= 0.3 is 0 Å². The molecule has 0 saturated carbocycles. The Labute approximate surface area is 157 Å². The minimum absolute atomic E-state index is 0.344. The molecule has 3 nitrogen and oxygen atoms in total. The lowest BCUT2D eigenvalue weighted by molar-refractivity contribution is -0.133. The minimum atomic E-state index is 0.344. The van der Waals surface area contributed by atoms with Crippen LogP contribution in [-0.2, 0) is 4.79 Å². The molecule has 0 aromatic carbocycles. The van der Waals surface area contributed by atoms with Crippen LogP contribution >= 0.6 is 0 Å². The van der Waals surface area contributed by atoms with E-state index >= 15 is 0 Å². The Morgan fingerprint density at radius 1 is 0.960 bits per heavy atom. The average molecular weight is 353 g/mol. The van der Waals surface area contributed by atoms with Crippen LogP contribution in [0.3, 0.4) is 0 Å². The van der Waals surface area contributed by atoms with Crippen LogP contribution in [0.5, 0.6) is 0 Å². The van der Waals surface area contributed by atoms with E-state index in [2.05, 4.69) is 44.7 Å². The zero-order chi connectivity index (χ0) is 18.7. The molecule has 1 fully saturated rings. The zero-order valence-electron chi connectivity index (χ0n) is 17.8. The van der Waals surface area contributed by atoms with Gasteiger partial charge in [-0.1, -0.05) is 65.7 Å². The van der Waals surface area contributed by atoms with Crippen LogP contribution in [0.25, 0.3) is 0 Å². The van der Waals surface area contributed by atoms with Gasteiger partial charge in [0.25, 0.3) is 0 Å². The summed E-state index contributed by atoms with van der Waals surface area (Å²) in [5.74, 6) is 1.14. The molecule has 1 rings (SSSR count). The van der Waals surface area contributed by atoms with Gasteiger partial charge in [0.15, 0.2) is 0 Å². The van der Waals surface area contributed by atoms with Crippen LogP contribution in [0.15, 0.2) is 0 Å². The monoisotopic (exact) mass is 352 g/mol.